The number of aliphatic imine (C=N–C) groups is 1. The minimum Gasteiger partial charge on any atom is -0.369 e. The maximum Gasteiger partial charge on any atom is 0.349 e. The van der Waals surface area contributed by atoms with Crippen molar-refractivity contribution in [1.82, 2.24) is 14.5 Å². The molecule has 82 valence electrons. The van der Waals surface area contributed by atoms with Gasteiger partial charge in [0.25, 0.3) is 0 Å². The number of hydrogen-bond donors (Lipinski definition) is 0. The Kier molecular flexibility index (Phi) is 3.60. The molecule has 0 aliphatic heterocycles. The molecule has 0 amide bonds. The molecule has 0 N–H and O–H groups in total. The maximum atomic E-state index is 11.5. The van der Waals surface area contributed by atoms with Crippen molar-refractivity contribution in [2.24, 2.45) is 4.99 Å². The second-order valence-corrected chi connectivity index (χ2v) is 3.78. The van der Waals surface area contributed by atoms with Gasteiger partial charge in [-0.25, -0.2) is 9.79 Å². The molecule has 1 rings (SSSR count). The molecule has 0 saturated carbocycles. The van der Waals surface area contributed by atoms with Gasteiger partial charge in [-0.05, 0) is 19.9 Å². The lowest BCUT2D eigenvalue weighted by Gasteiger charge is -2.08. The molecule has 5 heteroatoms. The van der Waals surface area contributed by atoms with Crippen LogP contribution in [0.3, 0.4) is 0 Å². The first-order chi connectivity index (χ1) is 7.00. The lowest BCUT2D eigenvalue weighted by atomic mass is 10.4. The summed E-state index contributed by atoms with van der Waals surface area (Å²) in [5.74, 6) is 0.436. The Balaban J connectivity index is 2.97. The largest absolute Gasteiger partial charge is 0.369 e. The molecular weight excluding hydrogens is 192 g/mol. The number of hydrogen-bond acceptors (Lipinski definition) is 3. The topological polar surface area (TPSA) is 50.5 Å². The van der Waals surface area contributed by atoms with E-state index in [1.165, 1.54) is 0 Å². The normalized spacial score (nSPS) is 11.3. The summed E-state index contributed by atoms with van der Waals surface area (Å²) in [6, 6.07) is 1.85. The van der Waals surface area contributed by atoms with Crippen LogP contribution in [0.1, 0.15) is 19.9 Å². The van der Waals surface area contributed by atoms with E-state index in [4.69, 9.17) is 0 Å². The van der Waals surface area contributed by atoms with Crippen LogP contribution >= 0.6 is 0 Å². The molecule has 0 saturated heterocycles. The fraction of sp³-hybridized carbons (Fsp3) is 0.500. The number of rotatable bonds is 3. The Morgan fingerprint density at radius 1 is 1.53 bits per heavy atom. The van der Waals surface area contributed by atoms with E-state index in [9.17, 15) is 4.79 Å². The monoisotopic (exact) mass is 208 g/mol. The quantitative estimate of drug-likeness (QED) is 0.551. The van der Waals surface area contributed by atoms with Crippen LogP contribution in [0, 0.1) is 0 Å². The van der Waals surface area contributed by atoms with Crippen molar-refractivity contribution in [3.05, 3.63) is 22.7 Å². The molecule has 1 heterocycles. The summed E-state index contributed by atoms with van der Waals surface area (Å²) in [5, 5.41) is 0. The van der Waals surface area contributed by atoms with E-state index in [1.807, 2.05) is 27.9 Å². The SMILES string of the molecule is CC(C)n1ccc(/N=C\N(C)C)nc1=O. The minimum absolute atomic E-state index is 0.122. The summed E-state index contributed by atoms with van der Waals surface area (Å²) in [5.41, 5.74) is -0.265. The van der Waals surface area contributed by atoms with Gasteiger partial charge in [-0.1, -0.05) is 0 Å². The van der Waals surface area contributed by atoms with Crippen LogP contribution in [0.4, 0.5) is 5.82 Å². The number of aromatic nitrogens is 2. The molecule has 0 atom stereocenters. The van der Waals surface area contributed by atoms with Gasteiger partial charge in [0.05, 0.1) is 6.34 Å². The first-order valence-electron chi connectivity index (χ1n) is 4.80. The van der Waals surface area contributed by atoms with Gasteiger partial charge < -0.3 is 4.90 Å². The average Bonchev–Trinajstić information content (AvgIpc) is 2.14. The summed E-state index contributed by atoms with van der Waals surface area (Å²) >= 11 is 0. The lowest BCUT2D eigenvalue weighted by Crippen LogP contribution is -2.23. The Morgan fingerprint density at radius 3 is 2.67 bits per heavy atom. The highest BCUT2D eigenvalue weighted by atomic mass is 16.1. The van der Waals surface area contributed by atoms with E-state index in [1.54, 1.807) is 28.1 Å². The van der Waals surface area contributed by atoms with Crippen LogP contribution in [-0.4, -0.2) is 34.9 Å². The fourth-order valence-electron chi connectivity index (χ4n) is 1.04. The van der Waals surface area contributed by atoms with Gasteiger partial charge in [-0.15, -0.1) is 0 Å². The third-order valence-electron chi connectivity index (χ3n) is 1.79. The average molecular weight is 208 g/mol. The molecule has 0 unspecified atom stereocenters. The predicted molar refractivity (Wildman–Crippen MR) is 60.7 cm³/mol. The van der Waals surface area contributed by atoms with Crippen LogP contribution in [0.5, 0.6) is 0 Å². The first kappa shape index (κ1) is 11.4. The highest BCUT2D eigenvalue weighted by Crippen LogP contribution is 2.05. The molecule has 0 fully saturated rings. The lowest BCUT2D eigenvalue weighted by molar-refractivity contribution is 0.564. The Bertz CT molecular complexity index is 406. The smallest absolute Gasteiger partial charge is 0.349 e. The number of nitrogens with zero attached hydrogens (tertiary/aromatic N) is 4. The molecular formula is C10H16N4O. The van der Waals surface area contributed by atoms with Crippen molar-refractivity contribution in [2.75, 3.05) is 14.1 Å². The van der Waals surface area contributed by atoms with Gasteiger partial charge >= 0.3 is 5.69 Å². The van der Waals surface area contributed by atoms with Crippen molar-refractivity contribution in [3.8, 4) is 0 Å². The molecule has 1 aromatic heterocycles. The third kappa shape index (κ3) is 3.19. The Morgan fingerprint density at radius 2 is 2.20 bits per heavy atom. The molecule has 0 radical (unpaired) electrons. The summed E-state index contributed by atoms with van der Waals surface area (Å²) in [7, 11) is 3.72. The Hall–Kier alpha value is -1.65. The van der Waals surface area contributed by atoms with E-state index in [-0.39, 0.29) is 11.7 Å². The van der Waals surface area contributed by atoms with Crippen molar-refractivity contribution in [1.29, 1.82) is 0 Å². The van der Waals surface area contributed by atoms with Crippen LogP contribution in [-0.2, 0) is 0 Å². The molecule has 5 nitrogen and oxygen atoms in total. The highest BCUT2D eigenvalue weighted by molar-refractivity contribution is 5.58. The van der Waals surface area contributed by atoms with Gasteiger partial charge in [0.15, 0.2) is 5.82 Å². The van der Waals surface area contributed by atoms with Crippen molar-refractivity contribution in [3.63, 3.8) is 0 Å². The van der Waals surface area contributed by atoms with Crippen LogP contribution in [0.2, 0.25) is 0 Å². The minimum atomic E-state index is -0.265. The zero-order valence-corrected chi connectivity index (χ0v) is 9.51. The molecule has 0 aliphatic carbocycles. The first-order valence-corrected chi connectivity index (χ1v) is 4.80. The van der Waals surface area contributed by atoms with Crippen molar-refractivity contribution < 1.29 is 0 Å². The third-order valence-corrected chi connectivity index (χ3v) is 1.79. The molecule has 0 spiro atoms. The van der Waals surface area contributed by atoms with Gasteiger partial charge in [-0.2, -0.15) is 4.98 Å². The molecule has 15 heavy (non-hydrogen) atoms. The zero-order chi connectivity index (χ0) is 11.4. The van der Waals surface area contributed by atoms with Crippen LogP contribution in [0.15, 0.2) is 22.1 Å². The molecule has 1 aromatic rings. The molecule has 0 aromatic carbocycles. The summed E-state index contributed by atoms with van der Waals surface area (Å²) in [6.07, 6.45) is 3.32. The molecule has 0 bridgehead atoms. The zero-order valence-electron chi connectivity index (χ0n) is 9.51. The Labute approximate surface area is 89.1 Å². The summed E-state index contributed by atoms with van der Waals surface area (Å²) in [6.45, 7) is 3.87. The fourth-order valence-corrected chi connectivity index (χ4v) is 1.04. The van der Waals surface area contributed by atoms with Crippen LogP contribution < -0.4 is 5.69 Å². The summed E-state index contributed by atoms with van der Waals surface area (Å²) in [4.78, 5) is 21.2. The van der Waals surface area contributed by atoms with E-state index in [0.29, 0.717) is 5.82 Å². The van der Waals surface area contributed by atoms with E-state index in [2.05, 4.69) is 9.98 Å². The van der Waals surface area contributed by atoms with Gasteiger partial charge in [0, 0.05) is 26.3 Å². The van der Waals surface area contributed by atoms with Crippen molar-refractivity contribution in [2.45, 2.75) is 19.9 Å². The standard InChI is InChI=1S/C10H16N4O/c1-8(2)14-6-5-9(12-10(14)15)11-7-13(3)4/h5-8H,1-4H3/b11-7-. The van der Waals surface area contributed by atoms with Gasteiger partial charge in [0.1, 0.15) is 0 Å². The van der Waals surface area contributed by atoms with Crippen LogP contribution in [0.25, 0.3) is 0 Å². The van der Waals surface area contributed by atoms with E-state index >= 15 is 0 Å². The summed E-state index contributed by atoms with van der Waals surface area (Å²) < 4.78 is 1.56. The van der Waals surface area contributed by atoms with Crippen molar-refractivity contribution >= 4 is 12.2 Å². The van der Waals surface area contributed by atoms with Gasteiger partial charge in [-0.3, -0.25) is 4.57 Å². The second kappa shape index (κ2) is 4.72. The molecule has 0 aliphatic rings. The van der Waals surface area contributed by atoms with Gasteiger partial charge in [0.2, 0.25) is 0 Å². The van der Waals surface area contributed by atoms with E-state index in [0.717, 1.165) is 0 Å². The predicted octanol–water partition coefficient (Wildman–Crippen LogP) is 1.05. The second-order valence-electron chi connectivity index (χ2n) is 3.78. The van der Waals surface area contributed by atoms with E-state index < -0.39 is 0 Å². The maximum absolute atomic E-state index is 11.5. The highest BCUT2D eigenvalue weighted by Gasteiger charge is 2.01.